The van der Waals surface area contributed by atoms with Gasteiger partial charge in [0.05, 0.1) is 12.6 Å². The van der Waals surface area contributed by atoms with Gasteiger partial charge in [0.15, 0.2) is 5.96 Å². The van der Waals surface area contributed by atoms with E-state index in [1.807, 2.05) is 24.8 Å². The Morgan fingerprint density at radius 3 is 2.83 bits per heavy atom. The number of nitrogens with zero attached hydrogens (tertiary/aromatic N) is 2. The molecular formula is C22H31IN4O2S. The fourth-order valence-electron chi connectivity index (χ4n) is 3.30. The maximum Gasteiger partial charge on any atom is 0.242 e. The minimum atomic E-state index is 0. The fraction of sp³-hybridized carbons (Fsp3) is 0.455. The predicted octanol–water partition coefficient (Wildman–Crippen LogP) is 3.71. The van der Waals surface area contributed by atoms with Crippen LogP contribution in [-0.2, 0) is 24.3 Å². The zero-order valence-corrected chi connectivity index (χ0v) is 21.2. The van der Waals surface area contributed by atoms with Crippen molar-refractivity contribution in [3.8, 4) is 5.75 Å². The first-order valence-corrected chi connectivity index (χ1v) is 10.9. The van der Waals surface area contributed by atoms with E-state index >= 15 is 0 Å². The van der Waals surface area contributed by atoms with E-state index in [0.717, 1.165) is 29.8 Å². The molecule has 3 rings (SSSR count). The summed E-state index contributed by atoms with van der Waals surface area (Å²) in [6, 6.07) is 8.29. The number of hydrogen-bond donors (Lipinski definition) is 2. The highest BCUT2D eigenvalue weighted by molar-refractivity contribution is 14.0. The topological polar surface area (TPSA) is 66.0 Å². The van der Waals surface area contributed by atoms with Crippen LogP contribution in [0.25, 0.3) is 0 Å². The van der Waals surface area contributed by atoms with Crippen LogP contribution < -0.4 is 15.4 Å². The summed E-state index contributed by atoms with van der Waals surface area (Å²) in [6.45, 7) is 8.36. The molecule has 0 unspecified atom stereocenters. The second-order valence-electron chi connectivity index (χ2n) is 7.49. The van der Waals surface area contributed by atoms with Gasteiger partial charge in [-0.2, -0.15) is 0 Å². The van der Waals surface area contributed by atoms with Crippen LogP contribution in [0.3, 0.4) is 0 Å². The van der Waals surface area contributed by atoms with Crippen LogP contribution in [0.4, 0.5) is 0 Å². The van der Waals surface area contributed by atoms with Crippen molar-refractivity contribution in [1.82, 2.24) is 15.5 Å². The Bertz CT molecular complexity index is 882. The summed E-state index contributed by atoms with van der Waals surface area (Å²) in [4.78, 5) is 20.1. The third-order valence-electron chi connectivity index (χ3n) is 4.82. The molecule has 1 aliphatic heterocycles. The van der Waals surface area contributed by atoms with Crippen LogP contribution in [0.1, 0.15) is 35.4 Å². The number of carbonyl (C=O) groups is 1. The number of amides is 1. The number of ether oxygens (including phenoxy) is 1. The van der Waals surface area contributed by atoms with Crippen molar-refractivity contribution in [2.24, 2.45) is 4.99 Å². The molecule has 1 aromatic heterocycles. The predicted molar refractivity (Wildman–Crippen MR) is 134 cm³/mol. The Hall–Kier alpha value is -1.81. The third kappa shape index (κ3) is 6.60. The zero-order chi connectivity index (χ0) is 20.8. The van der Waals surface area contributed by atoms with Crippen molar-refractivity contribution in [3.63, 3.8) is 0 Å². The molecule has 2 heterocycles. The number of carbonyl (C=O) groups excluding carboxylic acids is 1. The summed E-state index contributed by atoms with van der Waals surface area (Å²) < 4.78 is 5.93. The molecule has 0 spiro atoms. The lowest BCUT2D eigenvalue weighted by atomic mass is 10.1. The van der Waals surface area contributed by atoms with E-state index in [1.165, 1.54) is 10.4 Å². The molecule has 6 nitrogen and oxygen atoms in total. The van der Waals surface area contributed by atoms with Crippen molar-refractivity contribution in [2.45, 2.75) is 46.4 Å². The maximum absolute atomic E-state index is 12.6. The Balaban J connectivity index is 0.00000320. The first kappa shape index (κ1) is 24.5. The quantitative estimate of drug-likeness (QED) is 0.332. The zero-order valence-electron chi connectivity index (χ0n) is 18.0. The summed E-state index contributed by atoms with van der Waals surface area (Å²) in [5.74, 6) is 1.56. The maximum atomic E-state index is 12.6. The summed E-state index contributed by atoms with van der Waals surface area (Å²) in [5.41, 5.74) is 3.49. The first-order chi connectivity index (χ1) is 14.0. The molecule has 1 amide bonds. The van der Waals surface area contributed by atoms with E-state index in [4.69, 9.17) is 4.74 Å². The molecule has 0 aliphatic carbocycles. The minimum absolute atomic E-state index is 0. The lowest BCUT2D eigenvalue weighted by Crippen LogP contribution is -2.45. The second-order valence-corrected chi connectivity index (χ2v) is 8.49. The van der Waals surface area contributed by atoms with Gasteiger partial charge < -0.3 is 20.3 Å². The number of aryl methyl sites for hydroxylation is 1. The monoisotopic (exact) mass is 542 g/mol. The van der Waals surface area contributed by atoms with Gasteiger partial charge in [0.1, 0.15) is 5.75 Å². The molecule has 2 aromatic rings. The van der Waals surface area contributed by atoms with E-state index in [0.29, 0.717) is 19.0 Å². The highest BCUT2D eigenvalue weighted by Crippen LogP contribution is 2.24. The van der Waals surface area contributed by atoms with E-state index in [9.17, 15) is 4.79 Å². The van der Waals surface area contributed by atoms with Gasteiger partial charge in [0, 0.05) is 37.1 Å². The Morgan fingerprint density at radius 1 is 1.30 bits per heavy atom. The Kier molecular flexibility index (Phi) is 9.41. The minimum Gasteiger partial charge on any atom is -0.491 e. The van der Waals surface area contributed by atoms with Crippen LogP contribution in [0, 0.1) is 6.92 Å². The SMILES string of the molecule is CN=C(NCC(=O)N1CCc2sccc2C1)NCc1ccc(C)cc1OC(C)C.I. The average molecular weight is 542 g/mol. The van der Waals surface area contributed by atoms with Gasteiger partial charge in [-0.05, 0) is 55.8 Å². The molecule has 164 valence electrons. The normalized spacial score (nSPS) is 13.5. The summed E-state index contributed by atoms with van der Waals surface area (Å²) in [7, 11) is 1.71. The van der Waals surface area contributed by atoms with E-state index in [-0.39, 0.29) is 42.5 Å². The molecule has 1 aliphatic rings. The van der Waals surface area contributed by atoms with E-state index < -0.39 is 0 Å². The number of guanidine groups is 1. The molecule has 8 heteroatoms. The third-order valence-corrected chi connectivity index (χ3v) is 5.85. The smallest absolute Gasteiger partial charge is 0.242 e. The molecular weight excluding hydrogens is 511 g/mol. The number of rotatable bonds is 6. The number of nitrogens with one attached hydrogen (secondary N) is 2. The van der Waals surface area contributed by atoms with Gasteiger partial charge in [-0.3, -0.25) is 9.79 Å². The molecule has 0 bridgehead atoms. The summed E-state index contributed by atoms with van der Waals surface area (Å²) in [6.07, 6.45) is 1.05. The van der Waals surface area contributed by atoms with Crippen LogP contribution in [0.5, 0.6) is 5.75 Å². The van der Waals surface area contributed by atoms with Gasteiger partial charge in [0.2, 0.25) is 5.91 Å². The molecule has 0 atom stereocenters. The van der Waals surface area contributed by atoms with Gasteiger partial charge in [0.25, 0.3) is 0 Å². The lowest BCUT2D eigenvalue weighted by molar-refractivity contribution is -0.130. The largest absolute Gasteiger partial charge is 0.491 e. The molecule has 0 radical (unpaired) electrons. The molecule has 30 heavy (non-hydrogen) atoms. The van der Waals surface area contributed by atoms with Gasteiger partial charge >= 0.3 is 0 Å². The van der Waals surface area contributed by atoms with Crippen LogP contribution in [0.15, 0.2) is 34.6 Å². The number of halogens is 1. The highest BCUT2D eigenvalue weighted by atomic mass is 127. The first-order valence-electron chi connectivity index (χ1n) is 10.00. The molecule has 0 fully saturated rings. The highest BCUT2D eigenvalue weighted by Gasteiger charge is 2.21. The average Bonchev–Trinajstić information content (AvgIpc) is 3.16. The number of thiophene rings is 1. The lowest BCUT2D eigenvalue weighted by Gasteiger charge is -2.27. The number of hydrogen-bond acceptors (Lipinski definition) is 4. The molecule has 2 N–H and O–H groups in total. The molecule has 0 saturated carbocycles. The van der Waals surface area contributed by atoms with Crippen LogP contribution in [-0.4, -0.2) is 43.0 Å². The van der Waals surface area contributed by atoms with Crippen molar-refractivity contribution in [3.05, 3.63) is 51.2 Å². The van der Waals surface area contributed by atoms with E-state index in [1.54, 1.807) is 18.4 Å². The number of aliphatic imine (C=N–C) groups is 1. The number of fused-ring (bicyclic) bond motifs is 1. The van der Waals surface area contributed by atoms with Crippen molar-refractivity contribution in [1.29, 1.82) is 0 Å². The Labute approximate surface area is 200 Å². The van der Waals surface area contributed by atoms with Crippen molar-refractivity contribution in [2.75, 3.05) is 20.1 Å². The fourth-order valence-corrected chi connectivity index (χ4v) is 4.19. The molecule has 1 aromatic carbocycles. The second kappa shape index (κ2) is 11.5. The van der Waals surface area contributed by atoms with Gasteiger partial charge in [-0.15, -0.1) is 35.3 Å². The summed E-state index contributed by atoms with van der Waals surface area (Å²) in [5, 5.41) is 8.52. The standard InChI is InChI=1S/C22H30N4O2S.HI/c1-15(2)28-19-11-16(3)5-6-17(19)12-24-22(23-4)25-13-21(27)26-9-7-20-18(14-26)8-10-29-20;/h5-6,8,10-11,15H,7,9,12-14H2,1-4H3,(H2,23,24,25);1H. The summed E-state index contributed by atoms with van der Waals surface area (Å²) >= 11 is 1.78. The van der Waals surface area contributed by atoms with E-state index in [2.05, 4.69) is 46.1 Å². The van der Waals surface area contributed by atoms with Crippen LogP contribution >= 0.6 is 35.3 Å². The van der Waals surface area contributed by atoms with Crippen LogP contribution in [0.2, 0.25) is 0 Å². The van der Waals surface area contributed by atoms with Crippen molar-refractivity contribution >= 4 is 47.2 Å². The van der Waals surface area contributed by atoms with Gasteiger partial charge in [-0.1, -0.05) is 12.1 Å². The number of benzene rings is 1. The van der Waals surface area contributed by atoms with Crippen molar-refractivity contribution < 1.29 is 9.53 Å². The Morgan fingerprint density at radius 2 is 2.10 bits per heavy atom. The van der Waals surface area contributed by atoms with Gasteiger partial charge in [-0.25, -0.2) is 0 Å². The molecule has 0 saturated heterocycles.